The minimum atomic E-state index is -0.157. The van der Waals surface area contributed by atoms with Crippen LogP contribution in [0.15, 0.2) is 54.9 Å². The molecule has 0 aliphatic carbocycles. The molecule has 0 atom stereocenters. The van der Waals surface area contributed by atoms with Gasteiger partial charge in [-0.15, -0.1) is 0 Å². The van der Waals surface area contributed by atoms with E-state index in [1.54, 1.807) is 12.4 Å². The van der Waals surface area contributed by atoms with Gasteiger partial charge in [0.1, 0.15) is 0 Å². The van der Waals surface area contributed by atoms with Crippen LogP contribution in [0.5, 0.6) is 5.88 Å². The molecule has 0 aliphatic heterocycles. The van der Waals surface area contributed by atoms with Gasteiger partial charge in [0.05, 0.1) is 29.7 Å². The number of aromatic nitrogens is 3. The second kappa shape index (κ2) is 8.29. The van der Waals surface area contributed by atoms with Gasteiger partial charge in [-0.05, 0) is 31.5 Å². The number of para-hydroxylation sites is 1. The Bertz CT molecular complexity index is 875. The third kappa shape index (κ3) is 3.74. The fraction of sp³-hybridized carbons (Fsp3) is 0.250. The van der Waals surface area contributed by atoms with E-state index in [-0.39, 0.29) is 5.91 Å². The number of hydrogen-bond donors (Lipinski definition) is 1. The molecule has 0 bridgehead atoms. The Kier molecular flexibility index (Phi) is 5.63. The summed E-state index contributed by atoms with van der Waals surface area (Å²) >= 11 is 0. The topological polar surface area (TPSA) is 69.0 Å². The third-order valence-electron chi connectivity index (χ3n) is 4.02. The molecule has 6 heteroatoms. The van der Waals surface area contributed by atoms with Crippen molar-refractivity contribution in [3.05, 3.63) is 71.7 Å². The zero-order valence-electron chi connectivity index (χ0n) is 15.0. The fourth-order valence-electron chi connectivity index (χ4n) is 2.79. The van der Waals surface area contributed by atoms with E-state index in [9.17, 15) is 4.79 Å². The van der Waals surface area contributed by atoms with Crippen LogP contribution in [0.3, 0.4) is 0 Å². The van der Waals surface area contributed by atoms with Gasteiger partial charge in [0.25, 0.3) is 5.91 Å². The van der Waals surface area contributed by atoms with Crippen LogP contribution in [0, 0.1) is 0 Å². The molecule has 26 heavy (non-hydrogen) atoms. The average molecular weight is 350 g/mol. The number of nitrogens with one attached hydrogen (secondary N) is 1. The fourth-order valence-corrected chi connectivity index (χ4v) is 2.79. The summed E-state index contributed by atoms with van der Waals surface area (Å²) in [6.45, 7) is 4.80. The predicted molar refractivity (Wildman–Crippen MR) is 99.5 cm³/mol. The predicted octanol–water partition coefficient (Wildman–Crippen LogP) is 3.16. The van der Waals surface area contributed by atoms with Crippen molar-refractivity contribution in [2.75, 3.05) is 6.61 Å². The minimum Gasteiger partial charge on any atom is -0.478 e. The van der Waals surface area contributed by atoms with E-state index in [1.807, 2.05) is 61.0 Å². The van der Waals surface area contributed by atoms with Gasteiger partial charge >= 0.3 is 0 Å². The SMILES string of the molecule is CCOc1ncccc1CNC(=O)c1cnn(-c2ccccc2)c1CC. The van der Waals surface area contributed by atoms with E-state index in [1.165, 1.54) is 0 Å². The standard InChI is InChI=1S/C20H22N4O2/c1-3-18-17(14-23-24(18)16-10-6-5-7-11-16)19(25)22-13-15-9-8-12-21-20(15)26-4-2/h5-12,14H,3-4,13H2,1-2H3,(H,22,25). The van der Waals surface area contributed by atoms with Crippen molar-refractivity contribution in [1.29, 1.82) is 0 Å². The normalized spacial score (nSPS) is 10.5. The first-order valence-electron chi connectivity index (χ1n) is 8.71. The first-order chi connectivity index (χ1) is 12.7. The number of carbonyl (C=O) groups is 1. The number of amides is 1. The summed E-state index contributed by atoms with van der Waals surface area (Å²) in [5.74, 6) is 0.390. The first-order valence-corrected chi connectivity index (χ1v) is 8.71. The van der Waals surface area contributed by atoms with E-state index in [4.69, 9.17) is 4.74 Å². The molecule has 3 aromatic rings. The number of pyridine rings is 1. The highest BCUT2D eigenvalue weighted by Crippen LogP contribution is 2.17. The van der Waals surface area contributed by atoms with Crippen LogP contribution in [0.1, 0.15) is 35.5 Å². The van der Waals surface area contributed by atoms with E-state index < -0.39 is 0 Å². The summed E-state index contributed by atoms with van der Waals surface area (Å²) in [5, 5.41) is 7.34. The van der Waals surface area contributed by atoms with Gasteiger partial charge < -0.3 is 10.1 Å². The van der Waals surface area contributed by atoms with Crippen LogP contribution in [0.25, 0.3) is 5.69 Å². The number of ether oxygens (including phenoxy) is 1. The molecule has 2 heterocycles. The Labute approximate surface area is 152 Å². The summed E-state index contributed by atoms with van der Waals surface area (Å²) in [7, 11) is 0. The van der Waals surface area contributed by atoms with E-state index in [2.05, 4.69) is 15.4 Å². The van der Waals surface area contributed by atoms with E-state index in [0.717, 1.165) is 16.9 Å². The van der Waals surface area contributed by atoms with E-state index >= 15 is 0 Å². The Morgan fingerprint density at radius 2 is 1.96 bits per heavy atom. The van der Waals surface area contributed by atoms with Crippen molar-refractivity contribution in [3.8, 4) is 11.6 Å². The maximum Gasteiger partial charge on any atom is 0.255 e. The number of nitrogens with zero attached hydrogens (tertiary/aromatic N) is 3. The highest BCUT2D eigenvalue weighted by Gasteiger charge is 2.17. The molecule has 1 aromatic carbocycles. The van der Waals surface area contributed by atoms with Gasteiger partial charge in [-0.1, -0.05) is 31.2 Å². The van der Waals surface area contributed by atoms with Crippen molar-refractivity contribution in [3.63, 3.8) is 0 Å². The number of hydrogen-bond acceptors (Lipinski definition) is 4. The van der Waals surface area contributed by atoms with Gasteiger partial charge in [-0.3, -0.25) is 4.79 Å². The van der Waals surface area contributed by atoms with Crippen molar-refractivity contribution in [1.82, 2.24) is 20.1 Å². The lowest BCUT2D eigenvalue weighted by molar-refractivity contribution is 0.0949. The van der Waals surface area contributed by atoms with Crippen molar-refractivity contribution < 1.29 is 9.53 Å². The summed E-state index contributed by atoms with van der Waals surface area (Å²) in [6, 6.07) is 13.5. The highest BCUT2D eigenvalue weighted by molar-refractivity contribution is 5.95. The highest BCUT2D eigenvalue weighted by atomic mass is 16.5. The Hall–Kier alpha value is -3.15. The zero-order chi connectivity index (χ0) is 18.4. The summed E-state index contributed by atoms with van der Waals surface area (Å²) < 4.78 is 7.31. The molecule has 0 unspecified atom stereocenters. The van der Waals surface area contributed by atoms with Crippen LogP contribution in [0.4, 0.5) is 0 Å². The molecule has 2 aromatic heterocycles. The van der Waals surface area contributed by atoms with Crippen LogP contribution in [-0.2, 0) is 13.0 Å². The second-order valence-corrected chi connectivity index (χ2v) is 5.69. The van der Waals surface area contributed by atoms with Gasteiger partial charge in [0.15, 0.2) is 0 Å². The van der Waals surface area contributed by atoms with Crippen LogP contribution in [0.2, 0.25) is 0 Å². The smallest absolute Gasteiger partial charge is 0.255 e. The quantitative estimate of drug-likeness (QED) is 0.711. The van der Waals surface area contributed by atoms with Gasteiger partial charge in [-0.25, -0.2) is 9.67 Å². The van der Waals surface area contributed by atoms with Crippen LogP contribution in [-0.4, -0.2) is 27.3 Å². The molecular weight excluding hydrogens is 328 g/mol. The molecule has 1 N–H and O–H groups in total. The van der Waals surface area contributed by atoms with Gasteiger partial charge in [0.2, 0.25) is 5.88 Å². The summed E-state index contributed by atoms with van der Waals surface area (Å²) in [5.41, 5.74) is 3.24. The lowest BCUT2D eigenvalue weighted by atomic mass is 10.1. The zero-order valence-corrected chi connectivity index (χ0v) is 15.0. The number of carbonyl (C=O) groups excluding carboxylic acids is 1. The maximum absolute atomic E-state index is 12.7. The molecular formula is C20H22N4O2. The average Bonchev–Trinajstić information content (AvgIpc) is 3.12. The van der Waals surface area contributed by atoms with Gasteiger partial charge in [0, 0.05) is 18.3 Å². The lowest BCUT2D eigenvalue weighted by Gasteiger charge is -2.10. The molecule has 3 rings (SSSR count). The Balaban J connectivity index is 1.78. The van der Waals surface area contributed by atoms with Crippen LogP contribution >= 0.6 is 0 Å². The molecule has 1 amide bonds. The van der Waals surface area contributed by atoms with Crippen molar-refractivity contribution in [2.45, 2.75) is 26.8 Å². The molecule has 0 radical (unpaired) electrons. The third-order valence-corrected chi connectivity index (χ3v) is 4.02. The molecule has 0 spiro atoms. The summed E-state index contributed by atoms with van der Waals surface area (Å²) in [4.78, 5) is 16.9. The summed E-state index contributed by atoms with van der Waals surface area (Å²) in [6.07, 6.45) is 4.00. The maximum atomic E-state index is 12.7. The van der Waals surface area contributed by atoms with Crippen molar-refractivity contribution in [2.24, 2.45) is 0 Å². The van der Waals surface area contributed by atoms with Crippen molar-refractivity contribution >= 4 is 5.91 Å². The van der Waals surface area contributed by atoms with E-state index in [0.29, 0.717) is 31.0 Å². The Morgan fingerprint density at radius 3 is 2.69 bits per heavy atom. The number of benzene rings is 1. The van der Waals surface area contributed by atoms with Crippen LogP contribution < -0.4 is 10.1 Å². The molecule has 134 valence electrons. The Morgan fingerprint density at radius 1 is 1.15 bits per heavy atom. The molecule has 0 aliphatic rings. The number of rotatable bonds is 7. The largest absolute Gasteiger partial charge is 0.478 e. The monoisotopic (exact) mass is 350 g/mol. The first kappa shape index (κ1) is 17.7. The second-order valence-electron chi connectivity index (χ2n) is 5.69. The minimum absolute atomic E-state index is 0.157. The lowest BCUT2D eigenvalue weighted by Crippen LogP contribution is -2.24. The van der Waals surface area contributed by atoms with Gasteiger partial charge in [-0.2, -0.15) is 5.10 Å². The molecule has 6 nitrogen and oxygen atoms in total. The molecule has 0 saturated carbocycles. The molecule has 0 saturated heterocycles. The molecule has 0 fully saturated rings.